The van der Waals surface area contributed by atoms with Crippen LogP contribution < -0.4 is 0 Å². The molecule has 144 valence electrons. The maximum Gasteiger partial charge on any atom is 0.275 e. The quantitative estimate of drug-likeness (QED) is 0.600. The highest BCUT2D eigenvalue weighted by molar-refractivity contribution is 5.37. The summed E-state index contributed by atoms with van der Waals surface area (Å²) in [6, 6.07) is 2.18. The van der Waals surface area contributed by atoms with Crippen molar-refractivity contribution in [1.82, 2.24) is 9.80 Å². The lowest BCUT2D eigenvalue weighted by molar-refractivity contribution is -0.385. The molecule has 0 aromatic heterocycles. The van der Waals surface area contributed by atoms with Gasteiger partial charge in [0.05, 0.1) is 17.1 Å². The molecule has 1 aromatic rings. The minimum Gasteiger partial charge on any atom is -0.304 e. The standard InChI is InChI=1S/C19H27F2N3O2/c1-22-8-10-23(11-9-22)15-5-3-2-4-14(6-7-15)19-17(20)12-16(24(25)26)13-18(19)21/h12-15H,2-11H2,1H3. The zero-order chi connectivity index (χ0) is 18.7. The van der Waals surface area contributed by atoms with E-state index in [0.29, 0.717) is 6.04 Å². The molecular weight excluding hydrogens is 340 g/mol. The van der Waals surface area contributed by atoms with Gasteiger partial charge >= 0.3 is 0 Å². The highest BCUT2D eigenvalue weighted by Gasteiger charge is 2.28. The number of piperazine rings is 1. The van der Waals surface area contributed by atoms with Crippen molar-refractivity contribution in [3.05, 3.63) is 39.4 Å². The number of nitro groups is 1. The zero-order valence-corrected chi connectivity index (χ0v) is 15.3. The fourth-order valence-corrected chi connectivity index (χ4v) is 4.36. The largest absolute Gasteiger partial charge is 0.304 e. The molecule has 1 aliphatic heterocycles. The number of hydrogen-bond donors (Lipinski definition) is 0. The van der Waals surface area contributed by atoms with Crippen LogP contribution in [0.1, 0.15) is 50.0 Å². The predicted molar refractivity (Wildman–Crippen MR) is 96.3 cm³/mol. The zero-order valence-electron chi connectivity index (χ0n) is 15.3. The smallest absolute Gasteiger partial charge is 0.275 e. The van der Waals surface area contributed by atoms with Crippen molar-refractivity contribution >= 4 is 5.69 Å². The summed E-state index contributed by atoms with van der Waals surface area (Å²) in [6.07, 6.45) is 5.52. The van der Waals surface area contributed by atoms with Gasteiger partial charge in [0.2, 0.25) is 0 Å². The molecular formula is C19H27F2N3O2. The highest BCUT2D eigenvalue weighted by atomic mass is 19.1. The fourth-order valence-electron chi connectivity index (χ4n) is 4.36. The second-order valence-electron chi connectivity index (χ2n) is 7.63. The summed E-state index contributed by atoms with van der Waals surface area (Å²) in [4.78, 5) is 14.9. The minimum absolute atomic E-state index is 0.0367. The average Bonchev–Trinajstić information content (AvgIpc) is 2.57. The van der Waals surface area contributed by atoms with Gasteiger partial charge in [-0.3, -0.25) is 15.0 Å². The van der Waals surface area contributed by atoms with Gasteiger partial charge in [0.15, 0.2) is 0 Å². The molecule has 2 atom stereocenters. The first-order valence-corrected chi connectivity index (χ1v) is 9.51. The summed E-state index contributed by atoms with van der Waals surface area (Å²) < 4.78 is 28.8. The van der Waals surface area contributed by atoms with Gasteiger partial charge in [0.1, 0.15) is 11.6 Å². The summed E-state index contributed by atoms with van der Waals surface area (Å²) in [6.45, 7) is 4.22. The third-order valence-corrected chi connectivity index (χ3v) is 5.93. The molecule has 0 radical (unpaired) electrons. The maximum absolute atomic E-state index is 14.4. The molecule has 1 heterocycles. The molecule has 2 fully saturated rings. The number of hydrogen-bond acceptors (Lipinski definition) is 4. The Morgan fingerprint density at radius 1 is 1.00 bits per heavy atom. The lowest BCUT2D eigenvalue weighted by Gasteiger charge is -2.39. The van der Waals surface area contributed by atoms with E-state index in [1.54, 1.807) is 0 Å². The number of likely N-dealkylation sites (N-methyl/N-ethyl adjacent to an activating group) is 1. The van der Waals surface area contributed by atoms with Crippen LogP contribution in [0.15, 0.2) is 12.1 Å². The second kappa shape index (κ2) is 8.39. The number of nitrogens with zero attached hydrogens (tertiary/aromatic N) is 3. The van der Waals surface area contributed by atoms with Gasteiger partial charge in [0, 0.05) is 37.8 Å². The predicted octanol–water partition coefficient (Wildman–Crippen LogP) is 3.93. The van der Waals surface area contributed by atoms with Crippen LogP contribution in [0, 0.1) is 21.7 Å². The Bertz CT molecular complexity index is 625. The molecule has 1 saturated heterocycles. The van der Waals surface area contributed by atoms with Crippen molar-refractivity contribution in [3.63, 3.8) is 0 Å². The van der Waals surface area contributed by atoms with Crippen LogP contribution >= 0.6 is 0 Å². The summed E-state index contributed by atoms with van der Waals surface area (Å²) in [7, 11) is 2.13. The molecule has 5 nitrogen and oxygen atoms in total. The maximum atomic E-state index is 14.4. The summed E-state index contributed by atoms with van der Waals surface area (Å²) >= 11 is 0. The Labute approximate surface area is 153 Å². The van der Waals surface area contributed by atoms with Crippen LogP contribution in [-0.4, -0.2) is 54.0 Å². The molecule has 1 saturated carbocycles. The third-order valence-electron chi connectivity index (χ3n) is 5.93. The Morgan fingerprint density at radius 2 is 1.62 bits per heavy atom. The van der Waals surface area contributed by atoms with E-state index in [1.807, 2.05) is 0 Å². The Kier molecular flexibility index (Phi) is 6.19. The topological polar surface area (TPSA) is 49.6 Å². The van der Waals surface area contributed by atoms with Crippen LogP contribution in [0.2, 0.25) is 0 Å². The van der Waals surface area contributed by atoms with Gasteiger partial charge in [-0.2, -0.15) is 0 Å². The van der Waals surface area contributed by atoms with Crippen LogP contribution in [0.4, 0.5) is 14.5 Å². The number of nitro benzene ring substituents is 1. The molecule has 1 aromatic carbocycles. The summed E-state index contributed by atoms with van der Waals surface area (Å²) in [5.41, 5.74) is -0.487. The molecule has 2 aliphatic rings. The Hall–Kier alpha value is -1.60. The first-order chi connectivity index (χ1) is 12.5. The SMILES string of the molecule is CN1CCN(C2CCCCC(c3c(F)cc([N+](=O)[O-])cc3F)CC2)CC1. The first kappa shape index (κ1) is 19.2. The molecule has 7 heteroatoms. The lowest BCUT2D eigenvalue weighted by atomic mass is 9.83. The molecule has 0 spiro atoms. The van der Waals surface area contributed by atoms with E-state index in [1.165, 1.54) is 0 Å². The van der Waals surface area contributed by atoms with Crippen molar-refractivity contribution in [2.75, 3.05) is 33.2 Å². The molecule has 26 heavy (non-hydrogen) atoms. The summed E-state index contributed by atoms with van der Waals surface area (Å²) in [5, 5.41) is 10.8. The second-order valence-corrected chi connectivity index (χ2v) is 7.63. The molecule has 1 aliphatic carbocycles. The normalized spacial score (nSPS) is 26.3. The van der Waals surface area contributed by atoms with Gasteiger partial charge in [0.25, 0.3) is 5.69 Å². The number of benzene rings is 1. The minimum atomic E-state index is -0.779. The van der Waals surface area contributed by atoms with E-state index < -0.39 is 22.2 Å². The lowest BCUT2D eigenvalue weighted by Crippen LogP contribution is -2.49. The van der Waals surface area contributed by atoms with Gasteiger partial charge in [-0.05, 0) is 38.6 Å². The van der Waals surface area contributed by atoms with Crippen LogP contribution in [-0.2, 0) is 0 Å². The Morgan fingerprint density at radius 3 is 2.23 bits per heavy atom. The van der Waals surface area contributed by atoms with Crippen molar-refractivity contribution < 1.29 is 13.7 Å². The molecule has 2 unspecified atom stereocenters. The van der Waals surface area contributed by atoms with Gasteiger partial charge in [-0.25, -0.2) is 8.78 Å². The number of halogens is 2. The van der Waals surface area contributed by atoms with Crippen LogP contribution in [0.3, 0.4) is 0 Å². The van der Waals surface area contributed by atoms with E-state index in [-0.39, 0.29) is 11.5 Å². The highest BCUT2D eigenvalue weighted by Crippen LogP contribution is 2.36. The van der Waals surface area contributed by atoms with Crippen LogP contribution in [0.5, 0.6) is 0 Å². The van der Waals surface area contributed by atoms with Crippen molar-refractivity contribution in [2.24, 2.45) is 0 Å². The average molecular weight is 367 g/mol. The molecule has 0 bridgehead atoms. The van der Waals surface area contributed by atoms with Crippen molar-refractivity contribution in [2.45, 2.75) is 50.5 Å². The molecule has 3 rings (SSSR count). The molecule has 0 amide bonds. The van der Waals surface area contributed by atoms with Crippen molar-refractivity contribution in [1.29, 1.82) is 0 Å². The van der Waals surface area contributed by atoms with E-state index in [4.69, 9.17) is 0 Å². The van der Waals surface area contributed by atoms with Gasteiger partial charge in [-0.15, -0.1) is 0 Å². The monoisotopic (exact) mass is 367 g/mol. The first-order valence-electron chi connectivity index (χ1n) is 9.51. The van der Waals surface area contributed by atoms with E-state index in [0.717, 1.165) is 76.8 Å². The Balaban J connectivity index is 1.72. The third kappa shape index (κ3) is 4.38. The van der Waals surface area contributed by atoms with Gasteiger partial charge < -0.3 is 4.90 Å². The van der Waals surface area contributed by atoms with Crippen molar-refractivity contribution in [3.8, 4) is 0 Å². The van der Waals surface area contributed by atoms with E-state index in [9.17, 15) is 18.9 Å². The van der Waals surface area contributed by atoms with Crippen LogP contribution in [0.25, 0.3) is 0 Å². The molecule has 0 N–H and O–H groups in total. The van der Waals surface area contributed by atoms with E-state index >= 15 is 0 Å². The van der Waals surface area contributed by atoms with Gasteiger partial charge in [-0.1, -0.05) is 12.8 Å². The van der Waals surface area contributed by atoms with E-state index in [2.05, 4.69) is 16.8 Å². The summed E-state index contributed by atoms with van der Waals surface area (Å²) in [5.74, 6) is -1.76. The number of non-ortho nitro benzene ring substituents is 1. The number of rotatable bonds is 3. The fraction of sp³-hybridized carbons (Fsp3) is 0.684.